The number of para-hydroxylation sites is 2. The van der Waals surface area contributed by atoms with Crippen LogP contribution in [0.3, 0.4) is 0 Å². The molecule has 0 aliphatic heterocycles. The first-order valence-electron chi connectivity index (χ1n) is 8.52. The second-order valence-electron chi connectivity index (χ2n) is 6.17. The van der Waals surface area contributed by atoms with Crippen molar-refractivity contribution in [2.45, 2.75) is 12.8 Å². The Morgan fingerprint density at radius 1 is 1.04 bits per heavy atom. The Morgan fingerprint density at radius 2 is 1.85 bits per heavy atom. The van der Waals surface area contributed by atoms with Gasteiger partial charge in [-0.05, 0) is 47.5 Å². The van der Waals surface area contributed by atoms with Crippen LogP contribution < -0.4 is 4.74 Å². The van der Waals surface area contributed by atoms with Crippen molar-refractivity contribution < 1.29 is 14.6 Å². The molecule has 0 atom stereocenters. The quantitative estimate of drug-likeness (QED) is 0.499. The number of aliphatic carboxylic acids is 1. The van der Waals surface area contributed by atoms with Gasteiger partial charge in [-0.3, -0.25) is 4.79 Å². The number of carboxylic acids is 1. The molecule has 2 N–H and O–H groups in total. The van der Waals surface area contributed by atoms with E-state index in [0.29, 0.717) is 13.0 Å². The van der Waals surface area contributed by atoms with Crippen LogP contribution in [0.15, 0.2) is 60.7 Å². The second-order valence-corrected chi connectivity index (χ2v) is 6.17. The Bertz CT molecular complexity index is 1050. The van der Waals surface area contributed by atoms with Crippen molar-refractivity contribution >= 4 is 27.8 Å². The summed E-state index contributed by atoms with van der Waals surface area (Å²) in [6.45, 7) is 0.398. The van der Waals surface area contributed by atoms with Crippen LogP contribution in [0.4, 0.5) is 0 Å². The van der Waals surface area contributed by atoms with Crippen molar-refractivity contribution in [1.29, 1.82) is 0 Å². The third-order valence-corrected chi connectivity index (χ3v) is 4.28. The van der Waals surface area contributed by atoms with Gasteiger partial charge in [-0.2, -0.15) is 0 Å². The monoisotopic (exact) mass is 346 g/mol. The molecule has 4 aromatic rings. The van der Waals surface area contributed by atoms with Gasteiger partial charge in [-0.25, -0.2) is 4.98 Å². The fourth-order valence-electron chi connectivity index (χ4n) is 2.96. The van der Waals surface area contributed by atoms with Gasteiger partial charge in [0.1, 0.15) is 11.6 Å². The van der Waals surface area contributed by atoms with Crippen LogP contribution in [0.2, 0.25) is 0 Å². The van der Waals surface area contributed by atoms with E-state index in [2.05, 4.69) is 16.0 Å². The molecule has 5 nitrogen and oxygen atoms in total. The molecule has 0 aliphatic rings. The first-order chi connectivity index (χ1) is 12.7. The number of hydrogen-bond acceptors (Lipinski definition) is 3. The van der Waals surface area contributed by atoms with E-state index in [1.807, 2.05) is 54.6 Å². The van der Waals surface area contributed by atoms with Crippen LogP contribution in [0.25, 0.3) is 33.2 Å². The maximum atomic E-state index is 10.5. The first kappa shape index (κ1) is 16.1. The summed E-state index contributed by atoms with van der Waals surface area (Å²) in [5.41, 5.74) is 3.00. The molecule has 0 radical (unpaired) electrons. The molecule has 130 valence electrons. The Morgan fingerprint density at radius 3 is 2.69 bits per heavy atom. The molecule has 0 saturated heterocycles. The van der Waals surface area contributed by atoms with Gasteiger partial charge in [0.15, 0.2) is 0 Å². The number of hydrogen-bond donors (Lipinski definition) is 2. The highest BCUT2D eigenvalue weighted by molar-refractivity contribution is 5.88. The zero-order valence-corrected chi connectivity index (χ0v) is 14.1. The summed E-state index contributed by atoms with van der Waals surface area (Å²) in [7, 11) is 0. The summed E-state index contributed by atoms with van der Waals surface area (Å²) in [5.74, 6) is 0.798. The number of benzene rings is 3. The molecule has 0 bridgehead atoms. The third kappa shape index (κ3) is 3.37. The number of fused-ring (bicyclic) bond motifs is 2. The Hall–Kier alpha value is -3.34. The molecule has 4 rings (SSSR count). The molecular formula is C21H18N2O3. The molecular weight excluding hydrogens is 328 g/mol. The van der Waals surface area contributed by atoms with Crippen LogP contribution in [0.5, 0.6) is 5.75 Å². The summed E-state index contributed by atoms with van der Waals surface area (Å²) < 4.78 is 5.64. The van der Waals surface area contributed by atoms with Gasteiger partial charge in [0.2, 0.25) is 0 Å². The molecule has 0 amide bonds. The number of H-pyrrole nitrogens is 1. The summed E-state index contributed by atoms with van der Waals surface area (Å²) >= 11 is 0. The van der Waals surface area contributed by atoms with E-state index in [1.165, 1.54) is 0 Å². The number of carboxylic acid groups (broad SMARTS) is 1. The standard InChI is InChI=1S/C21H18N2O3/c24-20(25)6-3-11-26-17-10-9-14-12-16(8-7-15(14)13-17)21-22-18-4-1-2-5-19(18)23-21/h1-2,4-5,7-10,12-13H,3,6,11H2,(H,22,23)(H,24,25). The lowest BCUT2D eigenvalue weighted by Gasteiger charge is -2.07. The lowest BCUT2D eigenvalue weighted by Crippen LogP contribution is -2.01. The molecule has 3 aromatic carbocycles. The predicted octanol–water partition coefficient (Wildman–Crippen LogP) is 4.63. The number of nitrogens with one attached hydrogen (secondary N) is 1. The van der Waals surface area contributed by atoms with E-state index >= 15 is 0 Å². The predicted molar refractivity (Wildman–Crippen MR) is 101 cm³/mol. The molecule has 26 heavy (non-hydrogen) atoms. The highest BCUT2D eigenvalue weighted by atomic mass is 16.5. The average molecular weight is 346 g/mol. The van der Waals surface area contributed by atoms with Crippen molar-refractivity contribution in [2.24, 2.45) is 0 Å². The first-order valence-corrected chi connectivity index (χ1v) is 8.52. The summed E-state index contributed by atoms with van der Waals surface area (Å²) in [4.78, 5) is 18.5. The van der Waals surface area contributed by atoms with Crippen molar-refractivity contribution in [3.63, 3.8) is 0 Å². The second kappa shape index (κ2) is 6.88. The topological polar surface area (TPSA) is 75.2 Å². The van der Waals surface area contributed by atoms with Gasteiger partial charge in [0.05, 0.1) is 17.6 Å². The highest BCUT2D eigenvalue weighted by Crippen LogP contribution is 2.27. The molecule has 0 unspecified atom stereocenters. The number of ether oxygens (including phenoxy) is 1. The zero-order valence-electron chi connectivity index (χ0n) is 14.1. The van der Waals surface area contributed by atoms with E-state index in [4.69, 9.17) is 9.84 Å². The van der Waals surface area contributed by atoms with Crippen molar-refractivity contribution in [3.8, 4) is 17.1 Å². The number of carbonyl (C=O) groups is 1. The van der Waals surface area contributed by atoms with Crippen LogP contribution in [-0.2, 0) is 4.79 Å². The fourth-order valence-corrected chi connectivity index (χ4v) is 2.96. The summed E-state index contributed by atoms with van der Waals surface area (Å²) in [6.07, 6.45) is 0.618. The number of aromatic amines is 1. The Kier molecular flexibility index (Phi) is 4.27. The Labute approximate surface area is 150 Å². The minimum atomic E-state index is -0.801. The van der Waals surface area contributed by atoms with Gasteiger partial charge in [-0.15, -0.1) is 0 Å². The van der Waals surface area contributed by atoms with Crippen LogP contribution >= 0.6 is 0 Å². The fraction of sp³-hybridized carbons (Fsp3) is 0.143. The van der Waals surface area contributed by atoms with E-state index in [9.17, 15) is 4.79 Å². The molecule has 5 heteroatoms. The maximum Gasteiger partial charge on any atom is 0.303 e. The van der Waals surface area contributed by atoms with E-state index in [1.54, 1.807) is 0 Å². The lowest BCUT2D eigenvalue weighted by molar-refractivity contribution is -0.137. The third-order valence-electron chi connectivity index (χ3n) is 4.28. The smallest absolute Gasteiger partial charge is 0.303 e. The lowest BCUT2D eigenvalue weighted by atomic mass is 10.1. The zero-order chi connectivity index (χ0) is 17.9. The van der Waals surface area contributed by atoms with Crippen LogP contribution in [0.1, 0.15) is 12.8 Å². The van der Waals surface area contributed by atoms with Crippen LogP contribution in [0, 0.1) is 0 Å². The van der Waals surface area contributed by atoms with E-state index in [-0.39, 0.29) is 6.42 Å². The number of aromatic nitrogens is 2. The van der Waals surface area contributed by atoms with Gasteiger partial charge in [-0.1, -0.05) is 30.3 Å². The van der Waals surface area contributed by atoms with Gasteiger partial charge >= 0.3 is 5.97 Å². The summed E-state index contributed by atoms with van der Waals surface area (Å²) in [5, 5.41) is 10.8. The van der Waals surface area contributed by atoms with Gasteiger partial charge in [0.25, 0.3) is 0 Å². The van der Waals surface area contributed by atoms with Crippen LogP contribution in [-0.4, -0.2) is 27.7 Å². The summed E-state index contributed by atoms with van der Waals surface area (Å²) in [6, 6.07) is 20.0. The largest absolute Gasteiger partial charge is 0.494 e. The van der Waals surface area contributed by atoms with Crippen molar-refractivity contribution in [1.82, 2.24) is 9.97 Å². The van der Waals surface area contributed by atoms with E-state index in [0.717, 1.165) is 38.9 Å². The minimum absolute atomic E-state index is 0.119. The normalized spacial score (nSPS) is 11.1. The van der Waals surface area contributed by atoms with E-state index < -0.39 is 5.97 Å². The van der Waals surface area contributed by atoms with Crippen molar-refractivity contribution in [2.75, 3.05) is 6.61 Å². The Balaban J connectivity index is 1.55. The number of nitrogens with zero attached hydrogens (tertiary/aromatic N) is 1. The number of imidazole rings is 1. The van der Waals surface area contributed by atoms with Gasteiger partial charge in [0, 0.05) is 12.0 Å². The molecule has 0 saturated carbocycles. The van der Waals surface area contributed by atoms with Crippen molar-refractivity contribution in [3.05, 3.63) is 60.7 Å². The molecule has 0 aliphatic carbocycles. The highest BCUT2D eigenvalue weighted by Gasteiger charge is 2.06. The molecule has 0 fully saturated rings. The van der Waals surface area contributed by atoms with Gasteiger partial charge < -0.3 is 14.8 Å². The minimum Gasteiger partial charge on any atom is -0.494 e. The molecule has 1 heterocycles. The number of rotatable bonds is 6. The average Bonchev–Trinajstić information content (AvgIpc) is 3.09. The molecule has 1 aromatic heterocycles. The SMILES string of the molecule is O=C(O)CCCOc1ccc2cc(-c3nc4ccccc4[nH]3)ccc2c1. The maximum absolute atomic E-state index is 10.5. The molecule has 0 spiro atoms.